The fraction of sp³-hybridized carbons (Fsp3) is 0.667. The van der Waals surface area contributed by atoms with Crippen molar-refractivity contribution >= 4 is 0 Å². The zero-order chi connectivity index (χ0) is 5.70. The normalized spacial score (nSPS) is 15.3. The smallest absolute Gasteiger partial charge is 0.0718 e. The minimum absolute atomic E-state index is 0.231. The van der Waals surface area contributed by atoms with Crippen LogP contribution in [0.3, 0.4) is 0 Å². The molecule has 0 aromatic rings. The molecule has 0 fully saturated rings. The van der Waals surface area contributed by atoms with Crippen LogP contribution in [-0.2, 0) is 0 Å². The zero-order valence-electron chi connectivity index (χ0n) is 4.89. The van der Waals surface area contributed by atoms with Crippen molar-refractivity contribution in [3.63, 3.8) is 0 Å². The fourth-order valence-corrected chi connectivity index (χ4v) is 0.358. The maximum absolute atomic E-state index is 8.77. The van der Waals surface area contributed by atoms with E-state index < -0.39 is 0 Å². The molecule has 0 aliphatic carbocycles. The summed E-state index contributed by atoms with van der Waals surface area (Å²) in [7, 11) is 0. The summed E-state index contributed by atoms with van der Waals surface area (Å²) in [6, 6.07) is 0. The van der Waals surface area contributed by atoms with Crippen molar-refractivity contribution in [3.05, 3.63) is 12.2 Å². The first-order valence-electron chi connectivity index (χ1n) is 2.62. The van der Waals surface area contributed by atoms with Gasteiger partial charge in [-0.3, -0.25) is 0 Å². The fourth-order valence-electron chi connectivity index (χ4n) is 0.358. The van der Waals surface area contributed by atoms with E-state index in [2.05, 4.69) is 0 Å². The van der Waals surface area contributed by atoms with Crippen molar-refractivity contribution < 1.29 is 5.11 Å². The molecular weight excluding hydrogens is 88.1 g/mol. The first kappa shape index (κ1) is 6.70. The summed E-state index contributed by atoms with van der Waals surface area (Å²) >= 11 is 0. The summed E-state index contributed by atoms with van der Waals surface area (Å²) in [6.45, 7) is 3.85. The van der Waals surface area contributed by atoms with Gasteiger partial charge in [-0.25, -0.2) is 0 Å². The van der Waals surface area contributed by atoms with Crippen LogP contribution in [0, 0.1) is 0 Å². The molecule has 0 aromatic carbocycles. The first-order chi connectivity index (χ1) is 3.31. The van der Waals surface area contributed by atoms with Crippen molar-refractivity contribution in [2.45, 2.75) is 26.4 Å². The third-order valence-corrected chi connectivity index (χ3v) is 0.833. The molecule has 0 aliphatic heterocycles. The van der Waals surface area contributed by atoms with Crippen LogP contribution in [0.1, 0.15) is 20.3 Å². The molecule has 1 nitrogen and oxygen atoms in total. The van der Waals surface area contributed by atoms with Crippen molar-refractivity contribution in [1.29, 1.82) is 0 Å². The number of rotatable bonds is 2. The van der Waals surface area contributed by atoms with E-state index in [0.29, 0.717) is 0 Å². The van der Waals surface area contributed by atoms with Gasteiger partial charge in [-0.1, -0.05) is 19.1 Å². The summed E-state index contributed by atoms with van der Waals surface area (Å²) in [6.07, 6.45) is 4.21. The number of hydrogen-bond acceptors (Lipinski definition) is 1. The molecule has 0 heterocycles. The highest BCUT2D eigenvalue weighted by atomic mass is 16.3. The monoisotopic (exact) mass is 100 g/mol. The largest absolute Gasteiger partial charge is 0.389 e. The molecule has 1 heteroatoms. The van der Waals surface area contributed by atoms with Crippen LogP contribution in [0.25, 0.3) is 0 Å². The second-order valence-corrected chi connectivity index (χ2v) is 1.50. The minimum Gasteiger partial charge on any atom is -0.389 e. The highest BCUT2D eigenvalue weighted by Gasteiger charge is 1.87. The SMILES string of the molecule is C/C=C/[C@H](O)CC. The third kappa shape index (κ3) is 3.53. The number of aliphatic hydroxyl groups excluding tert-OH is 1. The van der Waals surface area contributed by atoms with Crippen LogP contribution in [0.2, 0.25) is 0 Å². The Morgan fingerprint density at radius 1 is 1.71 bits per heavy atom. The van der Waals surface area contributed by atoms with Gasteiger partial charge in [0, 0.05) is 0 Å². The van der Waals surface area contributed by atoms with Gasteiger partial charge in [-0.15, -0.1) is 0 Å². The van der Waals surface area contributed by atoms with Gasteiger partial charge in [0.15, 0.2) is 0 Å². The highest BCUT2D eigenvalue weighted by Crippen LogP contribution is 1.89. The molecule has 0 rings (SSSR count). The van der Waals surface area contributed by atoms with Gasteiger partial charge >= 0.3 is 0 Å². The van der Waals surface area contributed by atoms with Crippen molar-refractivity contribution in [2.75, 3.05) is 0 Å². The summed E-state index contributed by atoms with van der Waals surface area (Å²) in [5.41, 5.74) is 0. The van der Waals surface area contributed by atoms with Crippen LogP contribution >= 0.6 is 0 Å². The number of aliphatic hydroxyl groups is 1. The van der Waals surface area contributed by atoms with Gasteiger partial charge in [-0.2, -0.15) is 0 Å². The lowest BCUT2D eigenvalue weighted by Gasteiger charge is -1.95. The van der Waals surface area contributed by atoms with Crippen LogP contribution in [-0.4, -0.2) is 11.2 Å². The van der Waals surface area contributed by atoms with Crippen LogP contribution in [0.5, 0.6) is 0 Å². The van der Waals surface area contributed by atoms with E-state index in [4.69, 9.17) is 5.11 Å². The number of hydrogen-bond donors (Lipinski definition) is 1. The lowest BCUT2D eigenvalue weighted by molar-refractivity contribution is 0.219. The van der Waals surface area contributed by atoms with Gasteiger partial charge in [0.05, 0.1) is 6.10 Å². The Morgan fingerprint density at radius 3 is 2.43 bits per heavy atom. The first-order valence-corrected chi connectivity index (χ1v) is 2.62. The Hall–Kier alpha value is -0.300. The lowest BCUT2D eigenvalue weighted by Crippen LogP contribution is -1.96. The molecule has 0 unspecified atom stereocenters. The summed E-state index contributed by atoms with van der Waals surface area (Å²) in [5, 5.41) is 8.77. The molecule has 1 atom stereocenters. The molecule has 0 saturated carbocycles. The molecule has 0 saturated heterocycles. The highest BCUT2D eigenvalue weighted by molar-refractivity contribution is 4.83. The third-order valence-electron chi connectivity index (χ3n) is 0.833. The van der Waals surface area contributed by atoms with Crippen LogP contribution in [0.15, 0.2) is 12.2 Å². The lowest BCUT2D eigenvalue weighted by atomic mass is 10.3. The average molecular weight is 100 g/mol. The summed E-state index contributed by atoms with van der Waals surface area (Å²) < 4.78 is 0. The van der Waals surface area contributed by atoms with Gasteiger partial charge < -0.3 is 5.11 Å². The average Bonchev–Trinajstić information content (AvgIpc) is 1.68. The Bertz CT molecular complexity index is 57.2. The zero-order valence-corrected chi connectivity index (χ0v) is 4.89. The Labute approximate surface area is 44.7 Å². The molecule has 0 spiro atoms. The Balaban J connectivity index is 3.16. The molecule has 0 bridgehead atoms. The molecule has 0 aromatic heterocycles. The van der Waals surface area contributed by atoms with E-state index >= 15 is 0 Å². The van der Waals surface area contributed by atoms with E-state index in [0.717, 1.165) is 6.42 Å². The maximum atomic E-state index is 8.77. The summed E-state index contributed by atoms with van der Waals surface area (Å²) in [4.78, 5) is 0. The van der Waals surface area contributed by atoms with Crippen molar-refractivity contribution in [2.24, 2.45) is 0 Å². The van der Waals surface area contributed by atoms with Gasteiger partial charge in [-0.05, 0) is 13.3 Å². The van der Waals surface area contributed by atoms with E-state index in [-0.39, 0.29) is 6.10 Å². The van der Waals surface area contributed by atoms with Gasteiger partial charge in [0.2, 0.25) is 0 Å². The molecule has 0 aliphatic rings. The topological polar surface area (TPSA) is 20.2 Å². The van der Waals surface area contributed by atoms with Gasteiger partial charge in [0.1, 0.15) is 0 Å². The molecule has 0 amide bonds. The quantitative estimate of drug-likeness (QED) is 0.519. The maximum Gasteiger partial charge on any atom is 0.0718 e. The summed E-state index contributed by atoms with van der Waals surface area (Å²) in [5.74, 6) is 0. The van der Waals surface area contributed by atoms with E-state index in [1.54, 1.807) is 6.08 Å². The standard InChI is InChI=1S/C6H12O/c1-3-5-6(7)4-2/h3,5-7H,4H2,1-2H3/b5-3+/t6-/m1/s1. The molecule has 1 N–H and O–H groups in total. The Kier molecular flexibility index (Phi) is 3.71. The molecular formula is C6H12O. The minimum atomic E-state index is -0.231. The molecule has 42 valence electrons. The predicted octanol–water partition coefficient (Wildman–Crippen LogP) is 1.33. The van der Waals surface area contributed by atoms with E-state index in [1.807, 2.05) is 19.9 Å². The van der Waals surface area contributed by atoms with E-state index in [1.165, 1.54) is 0 Å². The molecule has 7 heavy (non-hydrogen) atoms. The number of allylic oxidation sites excluding steroid dienone is 1. The predicted molar refractivity (Wildman–Crippen MR) is 31.1 cm³/mol. The van der Waals surface area contributed by atoms with Crippen molar-refractivity contribution in [3.8, 4) is 0 Å². The Morgan fingerprint density at radius 2 is 2.29 bits per heavy atom. The van der Waals surface area contributed by atoms with E-state index in [9.17, 15) is 0 Å². The van der Waals surface area contributed by atoms with Crippen LogP contribution in [0.4, 0.5) is 0 Å². The second kappa shape index (κ2) is 3.88. The molecule has 0 radical (unpaired) electrons. The van der Waals surface area contributed by atoms with Crippen LogP contribution < -0.4 is 0 Å². The van der Waals surface area contributed by atoms with Gasteiger partial charge in [0.25, 0.3) is 0 Å². The van der Waals surface area contributed by atoms with Crippen molar-refractivity contribution in [1.82, 2.24) is 0 Å². The second-order valence-electron chi connectivity index (χ2n) is 1.50.